The van der Waals surface area contributed by atoms with Crippen LogP contribution in [0.15, 0.2) is 24.3 Å². The second-order valence-corrected chi connectivity index (χ2v) is 5.64. The molecule has 18 heavy (non-hydrogen) atoms. The molecule has 1 aliphatic carbocycles. The molecule has 3 atom stereocenters. The highest BCUT2D eigenvalue weighted by Crippen LogP contribution is 2.35. The van der Waals surface area contributed by atoms with Crippen molar-refractivity contribution in [1.29, 1.82) is 0 Å². The van der Waals surface area contributed by atoms with Crippen molar-refractivity contribution in [2.45, 2.75) is 51.2 Å². The molecule has 1 fully saturated rings. The second-order valence-electron chi connectivity index (χ2n) is 5.64. The number of hydrogen-bond acceptors (Lipinski definition) is 2. The summed E-state index contributed by atoms with van der Waals surface area (Å²) in [6, 6.07) is 9.21. The molecule has 0 aromatic heterocycles. The SMILES string of the molecule is CCNC1CCCC1CC1Cc2ccccc2O1. The minimum absolute atomic E-state index is 0.409. The van der Waals surface area contributed by atoms with E-state index in [-0.39, 0.29) is 0 Å². The van der Waals surface area contributed by atoms with Crippen molar-refractivity contribution in [3.63, 3.8) is 0 Å². The van der Waals surface area contributed by atoms with Gasteiger partial charge in [0, 0.05) is 12.5 Å². The first-order valence-electron chi connectivity index (χ1n) is 7.34. The summed E-state index contributed by atoms with van der Waals surface area (Å²) in [5.74, 6) is 1.92. The second kappa shape index (κ2) is 5.31. The van der Waals surface area contributed by atoms with Gasteiger partial charge in [-0.2, -0.15) is 0 Å². The van der Waals surface area contributed by atoms with E-state index in [1.165, 1.54) is 31.2 Å². The highest BCUT2D eigenvalue weighted by Gasteiger charge is 2.32. The number of ether oxygens (including phenoxy) is 1. The van der Waals surface area contributed by atoms with Crippen LogP contribution < -0.4 is 10.1 Å². The van der Waals surface area contributed by atoms with Crippen molar-refractivity contribution >= 4 is 0 Å². The van der Waals surface area contributed by atoms with E-state index in [1.807, 2.05) is 0 Å². The fraction of sp³-hybridized carbons (Fsp3) is 0.625. The lowest BCUT2D eigenvalue weighted by molar-refractivity contribution is 0.184. The lowest BCUT2D eigenvalue weighted by Gasteiger charge is -2.23. The van der Waals surface area contributed by atoms with Crippen LogP contribution >= 0.6 is 0 Å². The maximum absolute atomic E-state index is 6.07. The van der Waals surface area contributed by atoms with Crippen LogP contribution in [0.5, 0.6) is 5.75 Å². The molecule has 1 aromatic rings. The van der Waals surface area contributed by atoms with Crippen LogP contribution in [0.3, 0.4) is 0 Å². The van der Waals surface area contributed by atoms with Crippen LogP contribution in [0.2, 0.25) is 0 Å². The molecule has 1 aliphatic heterocycles. The average Bonchev–Trinajstić information content (AvgIpc) is 2.97. The lowest BCUT2D eigenvalue weighted by atomic mass is 9.94. The first kappa shape index (κ1) is 12.0. The molecule has 3 unspecified atom stereocenters. The fourth-order valence-electron chi connectivity index (χ4n) is 3.57. The van der Waals surface area contributed by atoms with E-state index in [0.29, 0.717) is 6.10 Å². The van der Waals surface area contributed by atoms with Crippen LogP contribution in [-0.4, -0.2) is 18.7 Å². The van der Waals surface area contributed by atoms with Crippen LogP contribution in [0, 0.1) is 5.92 Å². The molecule has 0 saturated heterocycles. The molecule has 2 heteroatoms. The Hall–Kier alpha value is -1.02. The number of nitrogens with one attached hydrogen (secondary N) is 1. The van der Waals surface area contributed by atoms with E-state index in [1.54, 1.807) is 0 Å². The van der Waals surface area contributed by atoms with Gasteiger partial charge in [0.05, 0.1) is 0 Å². The molecule has 1 N–H and O–H groups in total. The summed E-state index contributed by atoms with van der Waals surface area (Å²) < 4.78 is 6.07. The third kappa shape index (κ3) is 2.39. The Morgan fingerprint density at radius 3 is 3.00 bits per heavy atom. The third-order valence-corrected chi connectivity index (χ3v) is 4.40. The number of rotatable bonds is 4. The van der Waals surface area contributed by atoms with Crippen molar-refractivity contribution in [1.82, 2.24) is 5.32 Å². The Labute approximate surface area is 110 Å². The highest BCUT2D eigenvalue weighted by molar-refractivity contribution is 5.37. The summed E-state index contributed by atoms with van der Waals surface area (Å²) in [6.45, 7) is 3.30. The van der Waals surface area contributed by atoms with Gasteiger partial charge in [-0.3, -0.25) is 0 Å². The maximum atomic E-state index is 6.07. The summed E-state index contributed by atoms with van der Waals surface area (Å²) >= 11 is 0. The molecule has 1 heterocycles. The minimum atomic E-state index is 0.409. The first-order chi connectivity index (χ1) is 8.86. The Bertz CT molecular complexity index is 379. The predicted molar refractivity (Wildman–Crippen MR) is 74.0 cm³/mol. The van der Waals surface area contributed by atoms with E-state index in [4.69, 9.17) is 4.74 Å². The van der Waals surface area contributed by atoms with Gasteiger partial charge in [-0.25, -0.2) is 0 Å². The van der Waals surface area contributed by atoms with E-state index >= 15 is 0 Å². The molecule has 2 nitrogen and oxygen atoms in total. The van der Waals surface area contributed by atoms with Crippen LogP contribution in [0.25, 0.3) is 0 Å². The summed E-state index contributed by atoms with van der Waals surface area (Å²) in [6.07, 6.45) is 6.82. The minimum Gasteiger partial charge on any atom is -0.490 e. The lowest BCUT2D eigenvalue weighted by Crippen LogP contribution is -2.34. The molecular formula is C16H23NO. The molecule has 1 saturated carbocycles. The van der Waals surface area contributed by atoms with Crippen LogP contribution in [-0.2, 0) is 6.42 Å². The quantitative estimate of drug-likeness (QED) is 0.880. The molecule has 0 bridgehead atoms. The Kier molecular flexibility index (Phi) is 3.55. The summed E-state index contributed by atoms with van der Waals surface area (Å²) in [4.78, 5) is 0. The molecule has 1 aromatic carbocycles. The van der Waals surface area contributed by atoms with Gasteiger partial charge < -0.3 is 10.1 Å². The molecular weight excluding hydrogens is 222 g/mol. The van der Waals surface area contributed by atoms with Crippen molar-refractivity contribution in [2.24, 2.45) is 5.92 Å². The topological polar surface area (TPSA) is 21.3 Å². The maximum Gasteiger partial charge on any atom is 0.123 e. The largest absolute Gasteiger partial charge is 0.490 e. The van der Waals surface area contributed by atoms with Crippen molar-refractivity contribution in [2.75, 3.05) is 6.54 Å². The monoisotopic (exact) mass is 245 g/mol. The molecule has 3 rings (SSSR count). The normalized spacial score (nSPS) is 30.2. The predicted octanol–water partition coefficient (Wildman–Crippen LogP) is 3.16. The number of benzene rings is 1. The molecule has 0 radical (unpaired) electrons. The van der Waals surface area contributed by atoms with Gasteiger partial charge in [-0.05, 0) is 43.4 Å². The highest BCUT2D eigenvalue weighted by atomic mass is 16.5. The van der Waals surface area contributed by atoms with Gasteiger partial charge in [-0.15, -0.1) is 0 Å². The Balaban J connectivity index is 1.59. The van der Waals surface area contributed by atoms with Crippen LogP contribution in [0.4, 0.5) is 0 Å². The van der Waals surface area contributed by atoms with E-state index in [2.05, 4.69) is 36.5 Å². The van der Waals surface area contributed by atoms with Gasteiger partial charge in [-0.1, -0.05) is 31.5 Å². The number of hydrogen-bond donors (Lipinski definition) is 1. The van der Waals surface area contributed by atoms with Crippen molar-refractivity contribution < 1.29 is 4.74 Å². The molecule has 0 amide bonds. The van der Waals surface area contributed by atoms with E-state index < -0.39 is 0 Å². The Morgan fingerprint density at radius 2 is 2.17 bits per heavy atom. The first-order valence-corrected chi connectivity index (χ1v) is 7.34. The molecule has 98 valence electrons. The number of fused-ring (bicyclic) bond motifs is 1. The number of para-hydroxylation sites is 1. The standard InChI is InChI=1S/C16H23NO/c1-2-17-15-8-5-7-12(15)10-14-11-13-6-3-4-9-16(13)18-14/h3-4,6,9,12,14-15,17H,2,5,7-8,10-11H2,1H3. The fourth-order valence-corrected chi connectivity index (χ4v) is 3.57. The van der Waals surface area contributed by atoms with Crippen molar-refractivity contribution in [3.8, 4) is 5.75 Å². The van der Waals surface area contributed by atoms with Crippen LogP contribution in [0.1, 0.15) is 38.2 Å². The zero-order chi connectivity index (χ0) is 12.4. The zero-order valence-corrected chi connectivity index (χ0v) is 11.2. The average molecular weight is 245 g/mol. The zero-order valence-electron chi connectivity index (χ0n) is 11.2. The molecule has 2 aliphatic rings. The summed E-state index contributed by atoms with van der Waals surface area (Å²) in [7, 11) is 0. The Morgan fingerprint density at radius 1 is 1.28 bits per heavy atom. The summed E-state index contributed by atoms with van der Waals surface area (Å²) in [5.41, 5.74) is 1.39. The van der Waals surface area contributed by atoms with Gasteiger partial charge in [0.25, 0.3) is 0 Å². The van der Waals surface area contributed by atoms with Gasteiger partial charge in [0.15, 0.2) is 0 Å². The summed E-state index contributed by atoms with van der Waals surface area (Å²) in [5, 5.41) is 3.63. The van der Waals surface area contributed by atoms with E-state index in [0.717, 1.165) is 30.7 Å². The van der Waals surface area contributed by atoms with E-state index in [9.17, 15) is 0 Å². The smallest absolute Gasteiger partial charge is 0.123 e. The van der Waals surface area contributed by atoms with Gasteiger partial charge in [0.2, 0.25) is 0 Å². The van der Waals surface area contributed by atoms with Gasteiger partial charge >= 0.3 is 0 Å². The molecule has 0 spiro atoms. The van der Waals surface area contributed by atoms with Gasteiger partial charge in [0.1, 0.15) is 11.9 Å². The third-order valence-electron chi connectivity index (χ3n) is 4.40. The van der Waals surface area contributed by atoms with Crippen molar-refractivity contribution in [3.05, 3.63) is 29.8 Å².